The van der Waals surface area contributed by atoms with Gasteiger partial charge in [-0.05, 0) is 42.0 Å². The van der Waals surface area contributed by atoms with Gasteiger partial charge < -0.3 is 0 Å². The number of aryl methyl sites for hydroxylation is 1. The molecule has 0 saturated carbocycles. The van der Waals surface area contributed by atoms with Crippen molar-refractivity contribution >= 4 is 38.9 Å². The number of rotatable bonds is 3. The van der Waals surface area contributed by atoms with Gasteiger partial charge in [0.1, 0.15) is 5.82 Å². The van der Waals surface area contributed by atoms with Crippen LogP contribution in [0.4, 0.5) is 4.39 Å². The Morgan fingerprint density at radius 1 is 1.35 bits per heavy atom. The molecule has 90 valence electrons. The van der Waals surface area contributed by atoms with Crippen molar-refractivity contribution in [3.8, 4) is 0 Å². The van der Waals surface area contributed by atoms with Gasteiger partial charge in [-0.1, -0.05) is 39.7 Å². The molecule has 1 atom stereocenters. The van der Waals surface area contributed by atoms with Gasteiger partial charge in [-0.15, -0.1) is 11.3 Å². The SMILES string of the molecule is Cc1csc(C(Br)Cc2ccc(F)cc2)c1Cl. The standard InChI is InChI=1S/C13H11BrClFS/c1-8-7-17-13(12(8)15)11(14)6-9-2-4-10(16)5-3-9/h2-5,7,11H,6H2,1H3. The van der Waals surface area contributed by atoms with Crippen LogP contribution in [0.2, 0.25) is 5.02 Å². The molecule has 0 N–H and O–H groups in total. The molecule has 0 aliphatic rings. The second-order valence-electron chi connectivity index (χ2n) is 3.90. The van der Waals surface area contributed by atoms with Crippen LogP contribution in [0.5, 0.6) is 0 Å². The fourth-order valence-electron chi connectivity index (χ4n) is 1.58. The fourth-order valence-corrected chi connectivity index (χ4v) is 3.94. The molecule has 1 aromatic heterocycles. The third kappa shape index (κ3) is 3.09. The topological polar surface area (TPSA) is 0 Å². The molecule has 2 aromatic rings. The molecule has 2 rings (SSSR count). The Morgan fingerprint density at radius 3 is 2.53 bits per heavy atom. The molecule has 0 amide bonds. The minimum absolute atomic E-state index is 0.180. The molecule has 4 heteroatoms. The second kappa shape index (κ2) is 5.51. The summed E-state index contributed by atoms with van der Waals surface area (Å²) in [5, 5.41) is 2.88. The molecule has 1 aromatic carbocycles. The van der Waals surface area contributed by atoms with Crippen LogP contribution in [-0.2, 0) is 6.42 Å². The first-order chi connectivity index (χ1) is 8.08. The summed E-state index contributed by atoms with van der Waals surface area (Å²) >= 11 is 11.5. The van der Waals surface area contributed by atoms with E-state index in [0.717, 1.165) is 27.4 Å². The van der Waals surface area contributed by atoms with Crippen molar-refractivity contribution in [2.24, 2.45) is 0 Å². The minimum atomic E-state index is -0.204. The average molecular weight is 334 g/mol. The van der Waals surface area contributed by atoms with Crippen molar-refractivity contribution < 1.29 is 4.39 Å². The molecule has 0 spiro atoms. The molecule has 0 radical (unpaired) electrons. The van der Waals surface area contributed by atoms with Gasteiger partial charge >= 0.3 is 0 Å². The van der Waals surface area contributed by atoms with E-state index in [2.05, 4.69) is 21.3 Å². The van der Waals surface area contributed by atoms with E-state index in [1.807, 2.05) is 6.92 Å². The first-order valence-electron chi connectivity index (χ1n) is 5.20. The summed E-state index contributed by atoms with van der Waals surface area (Å²) in [6.45, 7) is 2.00. The first kappa shape index (κ1) is 13.1. The normalized spacial score (nSPS) is 12.7. The van der Waals surface area contributed by atoms with E-state index < -0.39 is 0 Å². The Morgan fingerprint density at radius 2 is 2.00 bits per heavy atom. The lowest BCUT2D eigenvalue weighted by atomic mass is 10.1. The molecule has 1 unspecified atom stereocenters. The number of hydrogen-bond donors (Lipinski definition) is 0. The predicted octanol–water partition coefficient (Wildman–Crippen LogP) is 5.53. The van der Waals surface area contributed by atoms with E-state index in [1.54, 1.807) is 23.5 Å². The van der Waals surface area contributed by atoms with Gasteiger partial charge in [0.15, 0.2) is 0 Å². The summed E-state index contributed by atoms with van der Waals surface area (Å²) in [5.41, 5.74) is 2.20. The summed E-state index contributed by atoms with van der Waals surface area (Å²) in [7, 11) is 0. The zero-order valence-electron chi connectivity index (χ0n) is 9.21. The summed E-state index contributed by atoms with van der Waals surface area (Å²) in [4.78, 5) is 1.31. The molecule has 0 fully saturated rings. The van der Waals surface area contributed by atoms with Crippen molar-refractivity contribution in [3.63, 3.8) is 0 Å². The average Bonchev–Trinajstić information content (AvgIpc) is 2.63. The van der Waals surface area contributed by atoms with Gasteiger partial charge in [-0.2, -0.15) is 0 Å². The predicted molar refractivity (Wildman–Crippen MR) is 75.8 cm³/mol. The van der Waals surface area contributed by atoms with Crippen molar-refractivity contribution in [2.75, 3.05) is 0 Å². The maximum atomic E-state index is 12.8. The number of halogens is 3. The smallest absolute Gasteiger partial charge is 0.123 e. The Balaban J connectivity index is 2.14. The highest BCUT2D eigenvalue weighted by molar-refractivity contribution is 9.09. The summed E-state index contributed by atoms with van der Waals surface area (Å²) < 4.78 is 12.8. The Hall–Kier alpha value is -0.380. The second-order valence-corrected chi connectivity index (χ2v) is 6.29. The Bertz CT molecular complexity index is 507. The van der Waals surface area contributed by atoms with Gasteiger partial charge in [-0.25, -0.2) is 4.39 Å². The van der Waals surface area contributed by atoms with Crippen LogP contribution in [-0.4, -0.2) is 0 Å². The number of thiophene rings is 1. The fraction of sp³-hybridized carbons (Fsp3) is 0.231. The maximum absolute atomic E-state index is 12.8. The summed E-state index contributed by atoms with van der Waals surface area (Å²) in [6.07, 6.45) is 0.806. The third-order valence-corrected chi connectivity index (χ3v) is 5.45. The lowest BCUT2D eigenvalue weighted by molar-refractivity contribution is 0.627. The molecule has 0 saturated heterocycles. The highest BCUT2D eigenvalue weighted by Gasteiger charge is 2.15. The van der Waals surface area contributed by atoms with Gasteiger partial charge in [0.25, 0.3) is 0 Å². The number of alkyl halides is 1. The van der Waals surface area contributed by atoms with Crippen LogP contribution in [0.1, 0.15) is 20.8 Å². The van der Waals surface area contributed by atoms with E-state index in [-0.39, 0.29) is 10.6 Å². The minimum Gasteiger partial charge on any atom is -0.207 e. The Labute approximate surface area is 118 Å². The number of hydrogen-bond acceptors (Lipinski definition) is 1. The van der Waals surface area contributed by atoms with Crippen molar-refractivity contribution in [2.45, 2.75) is 18.2 Å². The monoisotopic (exact) mass is 332 g/mol. The van der Waals surface area contributed by atoms with Crippen LogP contribution in [0.3, 0.4) is 0 Å². The van der Waals surface area contributed by atoms with E-state index in [0.29, 0.717) is 0 Å². The van der Waals surface area contributed by atoms with Crippen LogP contribution in [0.15, 0.2) is 29.6 Å². The van der Waals surface area contributed by atoms with Gasteiger partial charge in [-0.3, -0.25) is 0 Å². The van der Waals surface area contributed by atoms with Crippen molar-refractivity contribution in [1.29, 1.82) is 0 Å². The van der Waals surface area contributed by atoms with Crippen molar-refractivity contribution in [3.05, 3.63) is 56.5 Å². The molecule has 17 heavy (non-hydrogen) atoms. The van der Waals surface area contributed by atoms with Gasteiger partial charge in [0.05, 0.1) is 9.85 Å². The zero-order valence-corrected chi connectivity index (χ0v) is 12.4. The highest BCUT2D eigenvalue weighted by atomic mass is 79.9. The van der Waals surface area contributed by atoms with E-state index in [9.17, 15) is 4.39 Å². The van der Waals surface area contributed by atoms with Crippen LogP contribution in [0.25, 0.3) is 0 Å². The summed E-state index contributed by atoms with van der Waals surface area (Å²) in [6, 6.07) is 6.57. The van der Waals surface area contributed by atoms with E-state index >= 15 is 0 Å². The molecular formula is C13H11BrClFS. The molecule has 0 nitrogen and oxygen atoms in total. The quantitative estimate of drug-likeness (QED) is 0.648. The lowest BCUT2D eigenvalue weighted by Crippen LogP contribution is -1.94. The molecule has 0 bridgehead atoms. The molecule has 0 aliphatic heterocycles. The van der Waals surface area contributed by atoms with Crippen LogP contribution in [0, 0.1) is 12.7 Å². The molecule has 0 aliphatic carbocycles. The maximum Gasteiger partial charge on any atom is 0.123 e. The van der Waals surface area contributed by atoms with Crippen LogP contribution >= 0.6 is 38.9 Å². The summed E-state index contributed by atoms with van der Waals surface area (Å²) in [5.74, 6) is -0.204. The van der Waals surface area contributed by atoms with Gasteiger partial charge in [0.2, 0.25) is 0 Å². The first-order valence-corrected chi connectivity index (χ1v) is 7.37. The Kier molecular flexibility index (Phi) is 4.23. The lowest BCUT2D eigenvalue weighted by Gasteiger charge is -2.08. The largest absolute Gasteiger partial charge is 0.207 e. The van der Waals surface area contributed by atoms with Crippen molar-refractivity contribution in [1.82, 2.24) is 0 Å². The zero-order chi connectivity index (χ0) is 12.4. The molecule has 1 heterocycles. The molecular weight excluding hydrogens is 323 g/mol. The van der Waals surface area contributed by atoms with Crippen LogP contribution < -0.4 is 0 Å². The number of benzene rings is 1. The third-order valence-electron chi connectivity index (χ3n) is 2.54. The highest BCUT2D eigenvalue weighted by Crippen LogP contribution is 2.38. The van der Waals surface area contributed by atoms with Gasteiger partial charge in [0, 0.05) is 4.88 Å². The van der Waals surface area contributed by atoms with E-state index in [1.165, 1.54) is 12.1 Å². The van der Waals surface area contributed by atoms with E-state index in [4.69, 9.17) is 11.6 Å².